The Labute approximate surface area is 327 Å². The average Bonchev–Trinajstić information content (AvgIpc) is 3.83. The molecule has 0 aromatic heterocycles. The number of rotatable bonds is 6. The van der Waals surface area contributed by atoms with Gasteiger partial charge in [0, 0.05) is 33.6 Å². The molecular formula is C36H49ClN4O15. The van der Waals surface area contributed by atoms with Crippen molar-refractivity contribution >= 4 is 41.5 Å². The fourth-order valence-corrected chi connectivity index (χ4v) is 7.85. The van der Waals surface area contributed by atoms with Crippen molar-refractivity contribution in [2.75, 3.05) is 32.8 Å². The summed E-state index contributed by atoms with van der Waals surface area (Å²) in [5.74, 6) is -1.96. The Balaban J connectivity index is 1.67. The van der Waals surface area contributed by atoms with Crippen LogP contribution in [-0.2, 0) is 44.4 Å². The number of nitrogens with one attached hydrogen (secondary N) is 2. The van der Waals surface area contributed by atoms with Crippen LogP contribution in [0.5, 0.6) is 5.75 Å². The Bertz CT molecular complexity index is 1730. The van der Waals surface area contributed by atoms with Gasteiger partial charge in [0.2, 0.25) is 5.91 Å². The summed E-state index contributed by atoms with van der Waals surface area (Å²) < 4.78 is 39.8. The van der Waals surface area contributed by atoms with Crippen molar-refractivity contribution in [3.8, 4) is 5.75 Å². The van der Waals surface area contributed by atoms with Gasteiger partial charge in [0.15, 0.2) is 18.1 Å². The lowest BCUT2D eigenvalue weighted by atomic mass is 9.83. The molecule has 20 heteroatoms. The van der Waals surface area contributed by atoms with E-state index in [1.54, 1.807) is 39.0 Å². The van der Waals surface area contributed by atoms with Crippen LogP contribution >= 0.6 is 11.6 Å². The summed E-state index contributed by atoms with van der Waals surface area (Å²) in [6, 6.07) is 2.86. The molecule has 0 unspecified atom stereocenters. The first-order valence-electron chi connectivity index (χ1n) is 17.8. The van der Waals surface area contributed by atoms with Gasteiger partial charge < -0.3 is 64.6 Å². The van der Waals surface area contributed by atoms with Crippen molar-refractivity contribution in [1.82, 2.24) is 10.6 Å². The lowest BCUT2D eigenvalue weighted by Crippen LogP contribution is -2.66. The molecule has 1 aromatic rings. The van der Waals surface area contributed by atoms with Gasteiger partial charge >= 0.3 is 18.3 Å². The first-order valence-corrected chi connectivity index (χ1v) is 18.2. The lowest BCUT2D eigenvalue weighted by molar-refractivity contribution is -0.234. The van der Waals surface area contributed by atoms with Crippen molar-refractivity contribution in [3.63, 3.8) is 0 Å². The number of fused-ring (bicyclic) bond motifs is 5. The summed E-state index contributed by atoms with van der Waals surface area (Å²) in [6.07, 6.45) is -10.7. The second-order valence-corrected chi connectivity index (χ2v) is 14.8. The number of benzene rings is 1. The number of epoxide rings is 1. The number of halogens is 1. The molecule has 12 atom stereocenters. The second-order valence-electron chi connectivity index (χ2n) is 14.4. The maximum atomic E-state index is 14.8. The Hall–Kier alpha value is -4.21. The van der Waals surface area contributed by atoms with E-state index in [0.29, 0.717) is 5.56 Å². The number of carbonyl (C=O) groups is 4. The number of nitrogens with two attached hydrogens (primary N) is 1. The summed E-state index contributed by atoms with van der Waals surface area (Å²) in [4.78, 5) is 53.2. The van der Waals surface area contributed by atoms with E-state index in [9.17, 15) is 39.6 Å². The minimum atomic E-state index is -1.91. The fourth-order valence-electron chi connectivity index (χ4n) is 7.65. The number of allylic oxidation sites excluding steroid dienone is 3. The number of alkyl carbamates (subject to hydrolysis) is 2. The van der Waals surface area contributed by atoms with Gasteiger partial charge in [-0.2, -0.15) is 0 Å². The molecule has 4 aliphatic rings. The Kier molecular flexibility index (Phi) is 13.1. The smallest absolute Gasteiger partial charge is 0.409 e. The van der Waals surface area contributed by atoms with E-state index in [0.717, 1.165) is 10.5 Å². The number of hydrogen-bond acceptors (Lipinski definition) is 15. The first kappa shape index (κ1) is 42.9. The Morgan fingerprint density at radius 1 is 1.18 bits per heavy atom. The summed E-state index contributed by atoms with van der Waals surface area (Å²) in [6.45, 7) is 4.29. The van der Waals surface area contributed by atoms with Crippen molar-refractivity contribution in [1.29, 1.82) is 0 Å². The minimum absolute atomic E-state index is 0.136. The molecule has 8 N–H and O–H groups in total. The summed E-state index contributed by atoms with van der Waals surface area (Å²) in [5.41, 5.74) is 2.98. The van der Waals surface area contributed by atoms with Crippen molar-refractivity contribution in [3.05, 3.63) is 46.5 Å². The fraction of sp³-hybridized carbons (Fsp3) is 0.611. The number of ether oxygens (including phenoxy) is 7. The molecule has 0 spiro atoms. The molecule has 310 valence electrons. The number of aromatic hydroxyl groups is 1. The molecule has 56 heavy (non-hydrogen) atoms. The van der Waals surface area contributed by atoms with Gasteiger partial charge in [-0.15, -0.1) is 0 Å². The quantitative estimate of drug-likeness (QED) is 0.157. The van der Waals surface area contributed by atoms with Gasteiger partial charge in [0.25, 0.3) is 0 Å². The van der Waals surface area contributed by atoms with Crippen LogP contribution in [0.4, 0.5) is 20.1 Å². The van der Waals surface area contributed by atoms with E-state index in [4.69, 9.17) is 50.5 Å². The van der Waals surface area contributed by atoms with Gasteiger partial charge in [-0.1, -0.05) is 42.3 Å². The number of primary amides is 1. The second kappa shape index (κ2) is 17.1. The molecule has 0 saturated carbocycles. The van der Waals surface area contributed by atoms with Crippen molar-refractivity contribution in [2.24, 2.45) is 11.7 Å². The lowest BCUT2D eigenvalue weighted by Gasteiger charge is -2.46. The summed E-state index contributed by atoms with van der Waals surface area (Å²) in [5, 5.41) is 49.4. The molecule has 5 rings (SSSR count). The van der Waals surface area contributed by atoms with E-state index in [2.05, 4.69) is 10.6 Å². The van der Waals surface area contributed by atoms with E-state index in [1.807, 2.05) is 0 Å². The number of aliphatic hydroxyl groups excluding tert-OH is 2. The van der Waals surface area contributed by atoms with Gasteiger partial charge in [-0.25, -0.2) is 14.4 Å². The number of methoxy groups -OCH3 is 2. The van der Waals surface area contributed by atoms with Crippen LogP contribution < -0.4 is 21.3 Å². The van der Waals surface area contributed by atoms with E-state index < -0.39 is 115 Å². The van der Waals surface area contributed by atoms with Crippen LogP contribution in [-0.4, -0.2) is 139 Å². The topological polar surface area (TPSA) is 270 Å². The number of phenols is 1. The number of carbonyl (C=O) groups excluding carboxylic acids is 4. The zero-order valence-corrected chi connectivity index (χ0v) is 32.4. The van der Waals surface area contributed by atoms with Crippen LogP contribution in [0.15, 0.2) is 35.9 Å². The molecule has 4 heterocycles. The Morgan fingerprint density at radius 3 is 2.52 bits per heavy atom. The number of aliphatic hydroxyl groups is 3. The van der Waals surface area contributed by atoms with Crippen LogP contribution in [0, 0.1) is 5.92 Å². The van der Waals surface area contributed by atoms with Crippen molar-refractivity contribution in [2.45, 2.75) is 106 Å². The Morgan fingerprint density at radius 2 is 1.89 bits per heavy atom. The highest BCUT2D eigenvalue weighted by molar-refractivity contribution is 6.35. The summed E-state index contributed by atoms with van der Waals surface area (Å²) >= 11 is 6.71. The number of hydrogen-bond donors (Lipinski definition) is 7. The molecule has 1 aromatic carbocycles. The first-order chi connectivity index (χ1) is 26.4. The zero-order chi connectivity index (χ0) is 41.3. The van der Waals surface area contributed by atoms with Gasteiger partial charge in [0.05, 0.1) is 24.8 Å². The van der Waals surface area contributed by atoms with Gasteiger partial charge in [0.1, 0.15) is 53.0 Å². The highest BCUT2D eigenvalue weighted by Crippen LogP contribution is 2.49. The number of nitrogens with zero attached hydrogens (tertiary/aromatic N) is 1. The molecule has 4 amide bonds. The minimum Gasteiger partial charge on any atom is -0.506 e. The zero-order valence-electron chi connectivity index (χ0n) is 31.7. The molecular weight excluding hydrogens is 764 g/mol. The van der Waals surface area contributed by atoms with Crippen LogP contribution in [0.3, 0.4) is 0 Å². The third-order valence-electron chi connectivity index (χ3n) is 10.6. The molecule has 0 aliphatic carbocycles. The van der Waals surface area contributed by atoms with Crippen LogP contribution in [0.2, 0.25) is 5.02 Å². The molecule has 19 nitrogen and oxygen atoms in total. The number of anilines is 1. The van der Waals surface area contributed by atoms with Crippen molar-refractivity contribution < 1.29 is 72.8 Å². The monoisotopic (exact) mass is 812 g/mol. The highest BCUT2D eigenvalue weighted by Gasteiger charge is 2.65. The molecule has 3 fully saturated rings. The number of amides is 4. The number of phenolic OH excluding ortho intramolecular Hbond substituents is 1. The SMILES string of the molecule is CNC(=O)O[C@H]1CC(=O)N([C@H]2O[C@@H](CO)[C@H](OC(N)=O)[C@@H](OC)[C@@H]2O)c2cc(cc(O)c2Cl)C/C(C)=C\C=C[C@@H](OC)[C@@]2(O)C[C@H](OC(=O)N2)[C@@H](C)[C@@H]2O[C@@]12C. The predicted molar refractivity (Wildman–Crippen MR) is 194 cm³/mol. The standard InChI is InChI=1S/C36H49ClN4O15/c1-16-8-7-9-23(50-5)36(49)14-21(53-34(48)40-36)17(2)30-35(3,56-30)24(54-33(47)39-4)13-25(44)41(19-11-18(10-16)12-20(43)26(19)37)31-27(45)29(51-6)28(55-32(38)46)22(15-42)52-31/h7-9,11-12,17,21-24,27-31,42-43,45,49H,10,13-15H2,1-6H3,(H2,38,46)(H,39,47)(H,40,48)/b9-7?,16-8-/t17-,21+,22+,23-,24+,27+,28+,29+,30+,31+,35+,36+/m1/s1. The average molecular weight is 813 g/mol. The summed E-state index contributed by atoms with van der Waals surface area (Å²) in [7, 11) is 3.88. The predicted octanol–water partition coefficient (Wildman–Crippen LogP) is 1.10. The van der Waals surface area contributed by atoms with Gasteiger partial charge in [-0.3, -0.25) is 15.0 Å². The third kappa shape index (κ3) is 8.69. The normalized spacial score (nSPS) is 37.2. The largest absolute Gasteiger partial charge is 0.506 e. The van der Waals surface area contributed by atoms with Crippen LogP contribution in [0.1, 0.15) is 39.2 Å². The maximum absolute atomic E-state index is 14.8. The van der Waals surface area contributed by atoms with E-state index >= 15 is 0 Å². The maximum Gasteiger partial charge on any atom is 0.409 e. The van der Waals surface area contributed by atoms with Gasteiger partial charge in [-0.05, 0) is 38.0 Å². The van der Waals surface area contributed by atoms with E-state index in [-0.39, 0.29) is 23.6 Å². The van der Waals surface area contributed by atoms with Crippen LogP contribution in [0.25, 0.3) is 0 Å². The molecule has 0 radical (unpaired) electrons. The van der Waals surface area contributed by atoms with E-state index in [1.165, 1.54) is 33.4 Å². The third-order valence-corrected chi connectivity index (χ3v) is 11.0. The highest BCUT2D eigenvalue weighted by atomic mass is 35.5. The molecule has 4 aliphatic heterocycles. The molecule has 3 saturated heterocycles. The molecule has 4 bridgehead atoms.